The van der Waals surface area contributed by atoms with Gasteiger partial charge in [-0.25, -0.2) is 0 Å². The first-order chi connectivity index (χ1) is 14.4. The Morgan fingerprint density at radius 3 is 2.39 bits per heavy atom. The number of nitrogens with one attached hydrogen (secondary N) is 1. The zero-order chi connectivity index (χ0) is 22.8. The summed E-state index contributed by atoms with van der Waals surface area (Å²) in [6.45, 7) is 14.1. The van der Waals surface area contributed by atoms with E-state index >= 15 is 0 Å². The molecule has 1 N–H and O–H groups in total. The molecule has 4 aliphatic rings. The van der Waals surface area contributed by atoms with Gasteiger partial charge in [0.1, 0.15) is 0 Å². The Labute approximate surface area is 191 Å². The first-order valence-electron chi connectivity index (χ1n) is 12.8. The fourth-order valence-corrected chi connectivity index (χ4v) is 8.91. The summed E-state index contributed by atoms with van der Waals surface area (Å²) < 4.78 is 0. The van der Waals surface area contributed by atoms with Crippen LogP contribution in [-0.4, -0.2) is 37.0 Å². The van der Waals surface area contributed by atoms with E-state index in [0.717, 1.165) is 6.42 Å². The molecule has 0 aliphatic heterocycles. The van der Waals surface area contributed by atoms with Gasteiger partial charge in [0.25, 0.3) is 0 Å². The normalized spacial score (nSPS) is 42.5. The second-order valence-corrected chi connectivity index (χ2v) is 12.6. The third-order valence-corrected chi connectivity index (χ3v) is 10.7. The van der Waals surface area contributed by atoms with E-state index in [-0.39, 0.29) is 17.4 Å². The van der Waals surface area contributed by atoms with E-state index in [1.165, 1.54) is 38.5 Å². The van der Waals surface area contributed by atoms with Gasteiger partial charge < -0.3 is 10.2 Å². The molecule has 1 amide bonds. The van der Waals surface area contributed by atoms with Crippen LogP contribution in [0.15, 0.2) is 23.3 Å². The maximum absolute atomic E-state index is 11.8. The predicted molar refractivity (Wildman–Crippen MR) is 130 cm³/mol. The highest BCUT2D eigenvalue weighted by molar-refractivity contribution is 5.73. The molecule has 0 heterocycles. The first-order valence-corrected chi connectivity index (χ1v) is 12.8. The number of hydrogen-bond acceptors (Lipinski definition) is 2. The minimum Gasteiger partial charge on any atom is -0.354 e. The number of nitrogens with zero attached hydrogens (tertiary/aromatic N) is 1. The summed E-state index contributed by atoms with van der Waals surface area (Å²) in [5.74, 6) is 2.03. The topological polar surface area (TPSA) is 32.3 Å². The van der Waals surface area contributed by atoms with Crippen molar-refractivity contribution >= 4 is 5.91 Å². The molecule has 0 aromatic heterocycles. The molecule has 31 heavy (non-hydrogen) atoms. The number of carbonyl (C=O) groups is 1. The molecular weight excluding hydrogens is 380 g/mol. The monoisotopic (exact) mass is 426 g/mol. The van der Waals surface area contributed by atoms with Crippen molar-refractivity contribution in [2.75, 3.05) is 14.1 Å². The van der Waals surface area contributed by atoms with E-state index in [1.807, 2.05) is 0 Å². The van der Waals surface area contributed by atoms with Crippen molar-refractivity contribution in [2.24, 2.45) is 34.0 Å². The van der Waals surface area contributed by atoms with Crippen LogP contribution in [0.2, 0.25) is 0 Å². The highest BCUT2D eigenvalue weighted by Crippen LogP contribution is 2.68. The zero-order valence-electron chi connectivity index (χ0n) is 21.3. The van der Waals surface area contributed by atoms with Crippen molar-refractivity contribution in [3.05, 3.63) is 23.3 Å². The lowest BCUT2D eigenvalue weighted by Crippen LogP contribution is -2.50. The van der Waals surface area contributed by atoms with Crippen LogP contribution in [0.25, 0.3) is 0 Å². The Morgan fingerprint density at radius 1 is 1.06 bits per heavy atom. The van der Waals surface area contributed by atoms with Crippen molar-refractivity contribution in [1.82, 2.24) is 10.2 Å². The Hall–Kier alpha value is -1.09. The Bertz CT molecular complexity index is 793. The van der Waals surface area contributed by atoms with E-state index in [1.54, 1.807) is 18.1 Å². The van der Waals surface area contributed by atoms with Gasteiger partial charge in [-0.3, -0.25) is 4.79 Å². The molecule has 7 atom stereocenters. The van der Waals surface area contributed by atoms with Gasteiger partial charge in [0.05, 0.1) is 0 Å². The van der Waals surface area contributed by atoms with Crippen LogP contribution >= 0.6 is 0 Å². The lowest BCUT2D eigenvalue weighted by molar-refractivity contribution is -0.120. The van der Waals surface area contributed by atoms with Crippen LogP contribution in [0.5, 0.6) is 0 Å². The molecule has 2 saturated carbocycles. The Balaban J connectivity index is 1.65. The lowest BCUT2D eigenvalue weighted by Gasteiger charge is -2.53. The third kappa shape index (κ3) is 3.45. The van der Waals surface area contributed by atoms with Crippen LogP contribution in [0.3, 0.4) is 0 Å². The number of rotatable bonds is 3. The summed E-state index contributed by atoms with van der Waals surface area (Å²) in [7, 11) is 4.53. The van der Waals surface area contributed by atoms with Crippen molar-refractivity contribution < 1.29 is 4.79 Å². The van der Waals surface area contributed by atoms with Crippen LogP contribution in [0.4, 0.5) is 0 Å². The van der Waals surface area contributed by atoms with Gasteiger partial charge in [-0.05, 0) is 106 Å². The number of hydrogen-bond donors (Lipinski definition) is 1. The summed E-state index contributed by atoms with van der Waals surface area (Å²) in [6.07, 6.45) is 14.1. The highest BCUT2D eigenvalue weighted by Gasteiger charge is 2.60. The van der Waals surface area contributed by atoms with E-state index in [4.69, 9.17) is 0 Å². The molecule has 0 radical (unpaired) electrons. The molecule has 0 saturated heterocycles. The van der Waals surface area contributed by atoms with Gasteiger partial charge in [0.15, 0.2) is 0 Å². The second kappa shape index (κ2) is 7.75. The molecule has 3 nitrogen and oxygen atoms in total. The van der Waals surface area contributed by atoms with Crippen molar-refractivity contribution in [3.8, 4) is 0 Å². The zero-order valence-corrected chi connectivity index (χ0v) is 21.3. The van der Waals surface area contributed by atoms with E-state index in [2.05, 4.69) is 71.1 Å². The van der Waals surface area contributed by atoms with Crippen molar-refractivity contribution in [3.63, 3.8) is 0 Å². The van der Waals surface area contributed by atoms with Gasteiger partial charge in [-0.2, -0.15) is 0 Å². The third-order valence-electron chi connectivity index (χ3n) is 10.7. The summed E-state index contributed by atoms with van der Waals surface area (Å²) in [4.78, 5) is 14.2. The molecular formula is C28H46N2O. The minimum absolute atomic E-state index is 0.109. The number of fused-ring (bicyclic) bond motifs is 4. The van der Waals surface area contributed by atoms with Crippen LogP contribution in [0.1, 0.15) is 86.5 Å². The van der Waals surface area contributed by atoms with Crippen molar-refractivity contribution in [1.29, 1.82) is 0 Å². The van der Waals surface area contributed by atoms with Gasteiger partial charge in [0.2, 0.25) is 5.91 Å². The Kier molecular flexibility index (Phi) is 5.77. The van der Waals surface area contributed by atoms with Gasteiger partial charge >= 0.3 is 0 Å². The van der Waals surface area contributed by atoms with Gasteiger partial charge in [-0.15, -0.1) is 0 Å². The van der Waals surface area contributed by atoms with E-state index in [0.29, 0.717) is 34.6 Å². The molecule has 4 rings (SSSR count). The molecule has 0 bridgehead atoms. The standard InChI is InChI=1S/C28H46N2O/c1-18(29-19(2)31)22-14-16-28(6)24-11-10-23-20(17-21(24)13-15-27(22,28)5)9-12-25(30(7)8)26(23,3)4/h13,17-18,22-25H,9-12,14-16H2,1-8H3,(H,29,31). The summed E-state index contributed by atoms with van der Waals surface area (Å²) >= 11 is 0. The van der Waals surface area contributed by atoms with E-state index < -0.39 is 0 Å². The van der Waals surface area contributed by atoms with Crippen LogP contribution in [0, 0.1) is 34.0 Å². The molecule has 7 unspecified atom stereocenters. The summed E-state index contributed by atoms with van der Waals surface area (Å²) in [6, 6.07) is 0.921. The lowest BCUT2D eigenvalue weighted by atomic mass is 9.51. The molecule has 174 valence electrons. The largest absolute Gasteiger partial charge is 0.354 e. The average Bonchev–Trinajstić information content (AvgIpc) is 2.81. The highest BCUT2D eigenvalue weighted by atomic mass is 16.1. The van der Waals surface area contributed by atoms with Crippen molar-refractivity contribution in [2.45, 2.75) is 98.6 Å². The predicted octanol–water partition coefficient (Wildman–Crippen LogP) is 5.97. The maximum Gasteiger partial charge on any atom is 0.217 e. The maximum atomic E-state index is 11.8. The minimum atomic E-state index is 0.109. The first kappa shape index (κ1) is 23.1. The quantitative estimate of drug-likeness (QED) is 0.603. The smallest absolute Gasteiger partial charge is 0.217 e. The summed E-state index contributed by atoms with van der Waals surface area (Å²) in [5, 5.41) is 3.24. The van der Waals surface area contributed by atoms with Gasteiger partial charge in [-0.1, -0.05) is 45.4 Å². The fraction of sp³-hybridized carbons (Fsp3) is 0.821. The Morgan fingerprint density at radius 2 is 1.74 bits per heavy atom. The fourth-order valence-electron chi connectivity index (χ4n) is 8.91. The van der Waals surface area contributed by atoms with E-state index in [9.17, 15) is 4.79 Å². The number of allylic oxidation sites excluding steroid dienone is 4. The second-order valence-electron chi connectivity index (χ2n) is 12.6. The molecule has 4 aliphatic carbocycles. The number of amides is 1. The SMILES string of the molecule is CC(=O)NC(C)C1CCC2(C)C3CCC4C(=CC3=CCC12C)CCC(N(C)C)C4(C)C. The van der Waals surface area contributed by atoms with Crippen LogP contribution in [-0.2, 0) is 4.79 Å². The summed E-state index contributed by atoms with van der Waals surface area (Å²) in [5.41, 5.74) is 4.28. The average molecular weight is 427 g/mol. The molecule has 2 fully saturated rings. The van der Waals surface area contributed by atoms with Crippen LogP contribution < -0.4 is 5.32 Å². The molecule has 3 heteroatoms. The molecule has 0 spiro atoms. The molecule has 0 aromatic carbocycles. The number of carbonyl (C=O) groups excluding carboxylic acids is 1. The molecule has 0 aromatic rings. The van der Waals surface area contributed by atoms with Gasteiger partial charge in [0, 0.05) is 19.0 Å².